The zero-order valence-electron chi connectivity index (χ0n) is 16.2. The van der Waals surface area contributed by atoms with E-state index in [4.69, 9.17) is 4.74 Å². The normalized spacial score (nSPS) is 12.6. The maximum atomic E-state index is 13.9. The van der Waals surface area contributed by atoms with Crippen LogP contribution < -0.4 is 11.0 Å². The fourth-order valence-electron chi connectivity index (χ4n) is 1.77. The molecule has 0 saturated carbocycles. The Morgan fingerprint density at radius 3 is 2.22 bits per heavy atom. The molecular weight excluding hydrogens is 486 g/mol. The summed E-state index contributed by atoms with van der Waals surface area (Å²) in [6, 6.07) is 0. The maximum Gasteiger partial charge on any atom is 0.412 e. The number of halogens is 7. The molecule has 1 aromatic heterocycles. The average molecular weight is 503 g/mol. The van der Waals surface area contributed by atoms with Gasteiger partial charge in [0.15, 0.2) is 24.8 Å². The van der Waals surface area contributed by atoms with Gasteiger partial charge in [-0.2, -0.15) is 31.3 Å². The van der Waals surface area contributed by atoms with Gasteiger partial charge >= 0.3 is 31.7 Å². The molecule has 184 valence electrons. The van der Waals surface area contributed by atoms with Gasteiger partial charge in [-0.25, -0.2) is 14.0 Å². The summed E-state index contributed by atoms with van der Waals surface area (Å²) in [5.41, 5.74) is -1.09. The van der Waals surface area contributed by atoms with Crippen molar-refractivity contribution < 1.29 is 58.6 Å². The molecule has 1 heterocycles. The molecule has 1 N–H and O–H groups in total. The van der Waals surface area contributed by atoms with Crippen molar-refractivity contribution in [1.29, 1.82) is 0 Å². The molecule has 0 bridgehead atoms. The molecule has 1 amide bonds. The summed E-state index contributed by atoms with van der Waals surface area (Å²) in [6.45, 7) is -4.00. The van der Waals surface area contributed by atoms with Crippen molar-refractivity contribution in [1.82, 2.24) is 9.55 Å². The number of carbonyl (C=O) groups is 1. The summed E-state index contributed by atoms with van der Waals surface area (Å²) >= 11 is 0. The maximum absolute atomic E-state index is 13.9. The molecule has 0 aliphatic heterocycles. The Labute approximate surface area is 175 Å². The van der Waals surface area contributed by atoms with E-state index >= 15 is 0 Å². The summed E-state index contributed by atoms with van der Waals surface area (Å²) < 4.78 is 117. The highest BCUT2D eigenvalue weighted by molar-refractivity contribution is 7.53. The number of aromatic nitrogens is 2. The third kappa shape index (κ3) is 10.9. The van der Waals surface area contributed by atoms with E-state index in [2.05, 4.69) is 18.8 Å². The molecule has 0 fully saturated rings. The number of amides is 1. The van der Waals surface area contributed by atoms with Gasteiger partial charge in [0.05, 0.1) is 19.8 Å². The van der Waals surface area contributed by atoms with E-state index in [1.807, 2.05) is 5.32 Å². The monoisotopic (exact) mass is 503 g/mol. The summed E-state index contributed by atoms with van der Waals surface area (Å²) in [5, 5.41) is 1.87. The SMILES string of the molecule is CCOC(=O)Nc1nc(=O)n(CCOCP(=O)(OCC(F)(F)F)OCC(F)(F)F)cc1F. The van der Waals surface area contributed by atoms with Crippen LogP contribution in [0.25, 0.3) is 0 Å². The van der Waals surface area contributed by atoms with Gasteiger partial charge in [0.25, 0.3) is 0 Å². The highest BCUT2D eigenvalue weighted by Gasteiger charge is 2.38. The number of nitrogens with one attached hydrogen (secondary N) is 1. The van der Waals surface area contributed by atoms with Gasteiger partial charge in [-0.1, -0.05) is 0 Å². The Morgan fingerprint density at radius 1 is 1.16 bits per heavy atom. The lowest BCUT2D eigenvalue weighted by Gasteiger charge is -2.20. The van der Waals surface area contributed by atoms with E-state index in [1.54, 1.807) is 0 Å². The number of hydrogen-bond acceptors (Lipinski definition) is 8. The molecule has 10 nitrogen and oxygen atoms in total. The highest BCUT2D eigenvalue weighted by atomic mass is 31.2. The van der Waals surface area contributed by atoms with Gasteiger partial charge in [0.2, 0.25) is 0 Å². The first-order chi connectivity index (χ1) is 14.6. The predicted molar refractivity (Wildman–Crippen MR) is 91.5 cm³/mol. The van der Waals surface area contributed by atoms with Crippen LogP contribution >= 0.6 is 7.60 Å². The number of alkyl halides is 6. The Balaban J connectivity index is 2.72. The molecule has 0 saturated heterocycles. The van der Waals surface area contributed by atoms with Gasteiger partial charge in [0, 0.05) is 6.20 Å². The number of hydrogen-bond donors (Lipinski definition) is 1. The van der Waals surface area contributed by atoms with Crippen LogP contribution in [-0.2, 0) is 29.6 Å². The van der Waals surface area contributed by atoms with Crippen molar-refractivity contribution in [3.63, 3.8) is 0 Å². The molecule has 0 aromatic carbocycles. The zero-order valence-corrected chi connectivity index (χ0v) is 17.1. The van der Waals surface area contributed by atoms with Crippen LogP contribution in [-0.4, -0.2) is 60.8 Å². The second-order valence-corrected chi connectivity index (χ2v) is 7.68. The summed E-state index contributed by atoms with van der Waals surface area (Å²) in [5.74, 6) is -1.90. The average Bonchev–Trinajstić information content (AvgIpc) is 2.65. The second kappa shape index (κ2) is 11.6. The third-order valence-corrected chi connectivity index (χ3v) is 4.56. The Hall–Kier alpha value is -2.23. The number of rotatable bonds is 11. The predicted octanol–water partition coefficient (Wildman–Crippen LogP) is 3.28. The van der Waals surface area contributed by atoms with Crippen LogP contribution in [0.15, 0.2) is 11.0 Å². The minimum atomic E-state index is -5.01. The van der Waals surface area contributed by atoms with Crippen molar-refractivity contribution >= 4 is 19.5 Å². The minimum Gasteiger partial charge on any atom is -0.450 e. The van der Waals surface area contributed by atoms with Crippen molar-refractivity contribution in [3.05, 3.63) is 22.5 Å². The fourth-order valence-corrected chi connectivity index (χ4v) is 3.03. The Morgan fingerprint density at radius 2 is 1.72 bits per heavy atom. The Kier molecular flexibility index (Phi) is 10.1. The van der Waals surface area contributed by atoms with Gasteiger partial charge in [-0.15, -0.1) is 0 Å². The first-order valence-corrected chi connectivity index (χ1v) is 10.2. The van der Waals surface area contributed by atoms with Gasteiger partial charge in [-0.3, -0.25) is 23.5 Å². The van der Waals surface area contributed by atoms with Gasteiger partial charge in [-0.05, 0) is 6.92 Å². The quantitative estimate of drug-likeness (QED) is 0.278. The lowest BCUT2D eigenvalue weighted by molar-refractivity contribution is -0.166. The van der Waals surface area contributed by atoms with E-state index in [0.29, 0.717) is 10.8 Å². The number of ether oxygens (including phenoxy) is 2. The van der Waals surface area contributed by atoms with Crippen LogP contribution in [0.5, 0.6) is 0 Å². The van der Waals surface area contributed by atoms with Crippen molar-refractivity contribution in [2.45, 2.75) is 25.8 Å². The Bertz CT molecular complexity index is 854. The molecule has 0 radical (unpaired) electrons. The number of carbonyl (C=O) groups excluding carboxylic acids is 1. The van der Waals surface area contributed by atoms with Gasteiger partial charge in [0.1, 0.15) is 6.35 Å². The van der Waals surface area contributed by atoms with E-state index in [9.17, 15) is 44.9 Å². The molecule has 0 aliphatic carbocycles. The van der Waals surface area contributed by atoms with E-state index < -0.39 is 76.1 Å². The van der Waals surface area contributed by atoms with Gasteiger partial charge < -0.3 is 9.47 Å². The van der Waals surface area contributed by atoms with Crippen LogP contribution in [0.3, 0.4) is 0 Å². The van der Waals surface area contributed by atoms with E-state index in [0.717, 1.165) is 0 Å². The van der Waals surface area contributed by atoms with Crippen molar-refractivity contribution in [2.24, 2.45) is 0 Å². The van der Waals surface area contributed by atoms with E-state index in [1.165, 1.54) is 6.92 Å². The largest absolute Gasteiger partial charge is 0.450 e. The zero-order chi connectivity index (χ0) is 24.6. The third-order valence-electron chi connectivity index (χ3n) is 3.02. The molecule has 18 heteroatoms. The molecule has 0 atom stereocenters. The standard InChI is InChI=1S/C14H17F7N3O7P/c1-2-29-12(26)23-10-9(15)5-24(11(25)22-10)3-4-28-8-32(27,30-6-13(16,17)18)31-7-14(19,20)21/h5H,2-4,6-8H2,1H3,(H,22,23,25,26). The van der Waals surface area contributed by atoms with Crippen LogP contribution in [0.2, 0.25) is 0 Å². The lowest BCUT2D eigenvalue weighted by Crippen LogP contribution is -2.28. The van der Waals surface area contributed by atoms with Crippen LogP contribution in [0.4, 0.5) is 41.3 Å². The molecule has 0 aliphatic rings. The molecule has 1 aromatic rings. The highest BCUT2D eigenvalue weighted by Crippen LogP contribution is 2.50. The number of nitrogens with zero attached hydrogens (tertiary/aromatic N) is 2. The number of anilines is 1. The molecule has 0 spiro atoms. The van der Waals surface area contributed by atoms with Crippen LogP contribution in [0, 0.1) is 5.82 Å². The van der Waals surface area contributed by atoms with Crippen molar-refractivity contribution in [2.75, 3.05) is 38.1 Å². The smallest absolute Gasteiger partial charge is 0.412 e. The second-order valence-electron chi connectivity index (χ2n) is 5.68. The molecule has 1 rings (SSSR count). The van der Waals surface area contributed by atoms with E-state index in [-0.39, 0.29) is 6.61 Å². The summed E-state index contributed by atoms with van der Waals surface area (Å²) in [4.78, 5) is 26.3. The molecule has 0 unspecified atom stereocenters. The summed E-state index contributed by atoms with van der Waals surface area (Å²) in [7, 11) is -4.99. The minimum absolute atomic E-state index is 0.0366. The van der Waals surface area contributed by atoms with Crippen molar-refractivity contribution in [3.8, 4) is 0 Å². The molecule has 32 heavy (non-hydrogen) atoms. The first kappa shape index (κ1) is 27.8. The van der Waals surface area contributed by atoms with Crippen LogP contribution in [0.1, 0.15) is 6.92 Å². The fraction of sp³-hybridized carbons (Fsp3) is 0.643. The first-order valence-electron chi connectivity index (χ1n) is 8.44. The summed E-state index contributed by atoms with van der Waals surface area (Å²) in [6.07, 6.45) is -11.8. The lowest BCUT2D eigenvalue weighted by atomic mass is 10.5. The molecular formula is C14H17F7N3O7P. The topological polar surface area (TPSA) is 118 Å².